The van der Waals surface area contributed by atoms with Crippen LogP contribution in [-0.2, 0) is 3.42 Å². The number of amides is 2. The maximum Gasteiger partial charge on any atom is 0.291 e. The van der Waals surface area contributed by atoms with E-state index in [2.05, 4.69) is 37.9 Å². The minimum Gasteiger partial charge on any atom is -0.451 e. The number of aryl methyl sites for hydroxylation is 1. The Morgan fingerprint density at radius 1 is 1.11 bits per heavy atom. The number of carbonyl (C=O) groups is 3. The molecule has 3 N–H and O–H groups in total. The van der Waals surface area contributed by atoms with Crippen molar-refractivity contribution in [2.75, 3.05) is 11.9 Å². The topological polar surface area (TPSA) is 111 Å². The van der Waals surface area contributed by atoms with Gasteiger partial charge >= 0.3 is 0 Å². The Balaban J connectivity index is 1.15. The number of halogens is 1. The van der Waals surface area contributed by atoms with Crippen LogP contribution in [0.2, 0.25) is 0 Å². The molecule has 1 atom stereocenters. The molecule has 0 spiro atoms. The number of aromatic nitrogens is 2. The van der Waals surface area contributed by atoms with Crippen molar-refractivity contribution in [3.63, 3.8) is 0 Å². The van der Waals surface area contributed by atoms with Gasteiger partial charge in [0.15, 0.2) is 5.76 Å². The van der Waals surface area contributed by atoms with Crippen molar-refractivity contribution < 1.29 is 18.8 Å². The molecule has 8 nitrogen and oxygen atoms in total. The number of alkyl halides is 1. The summed E-state index contributed by atoms with van der Waals surface area (Å²) in [6, 6.07) is 16.4. The Bertz CT molecular complexity index is 1830. The van der Waals surface area contributed by atoms with Gasteiger partial charge in [-0.05, 0) is 55.3 Å². The summed E-state index contributed by atoms with van der Waals surface area (Å²) in [4.78, 5) is 47.2. The average molecular weight is 616 g/mol. The van der Waals surface area contributed by atoms with Gasteiger partial charge in [0.05, 0.1) is 9.12 Å². The normalized spacial score (nSPS) is 18.5. The summed E-state index contributed by atoms with van der Waals surface area (Å²) in [7, 11) is 0. The van der Waals surface area contributed by atoms with Crippen LogP contribution in [-0.4, -0.2) is 39.0 Å². The molecule has 0 radical (unpaired) electrons. The molecule has 0 saturated carbocycles. The summed E-state index contributed by atoms with van der Waals surface area (Å²) >= 11 is 2.38. The number of carbonyl (C=O) groups excluding carboxylic acids is 3. The standard InChI is InChI=1S/C29H21IN4O4/c1-15-14-31-26-21(35)13-24-29(30,25(15)26)8-9-34(24)28(37)20-11-17-10-18(6-7-19(17)33-20)32-27(36)23-12-16-4-2-3-5-22(16)38-23/h2-7,10-14,31,33H,8-9H2,1H3,(H,32,36). The molecule has 4 heterocycles. The molecule has 1 aliphatic carbocycles. The highest BCUT2D eigenvalue weighted by Crippen LogP contribution is 2.53. The Kier molecular flexibility index (Phi) is 4.96. The molecule has 1 saturated heterocycles. The summed E-state index contributed by atoms with van der Waals surface area (Å²) in [5.41, 5.74) is 5.75. The van der Waals surface area contributed by atoms with Crippen LogP contribution in [0.15, 0.2) is 77.0 Å². The van der Waals surface area contributed by atoms with Crippen LogP contribution < -0.4 is 5.32 Å². The van der Waals surface area contributed by atoms with Crippen LogP contribution in [0.1, 0.15) is 49.1 Å². The highest BCUT2D eigenvalue weighted by Gasteiger charge is 2.50. The monoisotopic (exact) mass is 616 g/mol. The Morgan fingerprint density at radius 3 is 2.79 bits per heavy atom. The van der Waals surface area contributed by atoms with Crippen molar-refractivity contribution in [2.24, 2.45) is 0 Å². The first-order chi connectivity index (χ1) is 18.3. The van der Waals surface area contributed by atoms with E-state index < -0.39 is 3.42 Å². The Hall–Kier alpha value is -4.12. The molecule has 9 heteroatoms. The minimum absolute atomic E-state index is 0.114. The third kappa shape index (κ3) is 3.38. The molecule has 1 unspecified atom stereocenters. The van der Waals surface area contributed by atoms with E-state index in [1.165, 1.54) is 0 Å². The van der Waals surface area contributed by atoms with Crippen molar-refractivity contribution in [3.05, 3.63) is 101 Å². The zero-order valence-corrected chi connectivity index (χ0v) is 22.4. The molecule has 7 rings (SSSR count). The van der Waals surface area contributed by atoms with Crippen LogP contribution in [0.3, 0.4) is 0 Å². The van der Waals surface area contributed by atoms with E-state index in [-0.39, 0.29) is 23.4 Å². The van der Waals surface area contributed by atoms with Crippen molar-refractivity contribution in [1.29, 1.82) is 0 Å². The molecule has 1 aliphatic heterocycles. The minimum atomic E-state index is -0.430. The molecule has 0 bridgehead atoms. The van der Waals surface area contributed by atoms with Crippen LogP contribution in [0.5, 0.6) is 0 Å². The van der Waals surface area contributed by atoms with Crippen LogP contribution in [0, 0.1) is 6.92 Å². The SMILES string of the molecule is Cc1c[nH]c2c1C1(I)CCN(C(=O)c3cc4cc(NC(=O)c5cc6ccccc6o5)ccc4[nH]3)C1=CC2=O. The van der Waals surface area contributed by atoms with E-state index in [4.69, 9.17) is 4.42 Å². The third-order valence-corrected chi connectivity index (χ3v) is 9.00. The second-order valence-electron chi connectivity index (χ2n) is 9.71. The van der Waals surface area contributed by atoms with Gasteiger partial charge in [-0.1, -0.05) is 40.8 Å². The number of nitrogens with zero attached hydrogens (tertiary/aromatic N) is 1. The second kappa shape index (κ2) is 8.19. The fourth-order valence-electron chi connectivity index (χ4n) is 5.57. The van der Waals surface area contributed by atoms with E-state index in [1.54, 1.807) is 29.2 Å². The number of para-hydroxylation sites is 1. The number of anilines is 1. The predicted octanol–water partition coefficient (Wildman–Crippen LogP) is 6.06. The smallest absolute Gasteiger partial charge is 0.291 e. The summed E-state index contributed by atoms with van der Waals surface area (Å²) in [5.74, 6) is -0.431. The van der Waals surface area contributed by atoms with Crippen molar-refractivity contribution >= 4 is 67.7 Å². The van der Waals surface area contributed by atoms with E-state index in [1.807, 2.05) is 49.5 Å². The number of aromatic amines is 2. The van der Waals surface area contributed by atoms with Gasteiger partial charge in [-0.15, -0.1) is 0 Å². The number of allylic oxidation sites excluding steroid dienone is 2. The average Bonchev–Trinajstić information content (AvgIpc) is 3.67. The van der Waals surface area contributed by atoms with Gasteiger partial charge in [-0.25, -0.2) is 0 Å². The number of H-pyrrole nitrogens is 2. The Labute approximate surface area is 230 Å². The number of fused-ring (bicyclic) bond motifs is 5. The van der Waals surface area contributed by atoms with Crippen molar-refractivity contribution in [2.45, 2.75) is 16.8 Å². The van der Waals surface area contributed by atoms with E-state index in [9.17, 15) is 14.4 Å². The van der Waals surface area contributed by atoms with E-state index in [0.29, 0.717) is 29.2 Å². The van der Waals surface area contributed by atoms with Gasteiger partial charge < -0.3 is 24.6 Å². The maximum absolute atomic E-state index is 13.6. The lowest BCUT2D eigenvalue weighted by atomic mass is 9.86. The first kappa shape index (κ1) is 23.0. The number of benzene rings is 2. The molecule has 2 aliphatic rings. The zero-order valence-electron chi connectivity index (χ0n) is 20.2. The van der Waals surface area contributed by atoms with Crippen molar-refractivity contribution in [1.82, 2.24) is 14.9 Å². The second-order valence-corrected chi connectivity index (χ2v) is 11.6. The lowest BCUT2D eigenvalue weighted by molar-refractivity contribution is 0.0818. The number of furan rings is 1. The third-order valence-electron chi connectivity index (χ3n) is 7.37. The molecular formula is C29H21IN4O4. The van der Waals surface area contributed by atoms with E-state index >= 15 is 0 Å². The maximum atomic E-state index is 13.6. The van der Waals surface area contributed by atoms with Crippen LogP contribution in [0.4, 0.5) is 5.69 Å². The van der Waals surface area contributed by atoms with Gasteiger partial charge in [0, 0.05) is 52.1 Å². The first-order valence-electron chi connectivity index (χ1n) is 12.2. The number of likely N-dealkylation sites (tertiary alicyclic amines) is 1. The number of hydrogen-bond donors (Lipinski definition) is 3. The van der Waals surface area contributed by atoms with E-state index in [0.717, 1.165) is 39.5 Å². The molecular weight excluding hydrogens is 595 g/mol. The Morgan fingerprint density at radius 2 is 1.95 bits per heavy atom. The molecule has 38 heavy (non-hydrogen) atoms. The number of hydrogen-bond acceptors (Lipinski definition) is 4. The summed E-state index contributed by atoms with van der Waals surface area (Å²) < 4.78 is 5.24. The highest BCUT2D eigenvalue weighted by atomic mass is 127. The summed E-state index contributed by atoms with van der Waals surface area (Å²) in [5, 5.41) is 4.52. The quantitative estimate of drug-likeness (QED) is 0.169. The highest BCUT2D eigenvalue weighted by molar-refractivity contribution is 14.1. The van der Waals surface area contributed by atoms with Crippen LogP contribution >= 0.6 is 22.6 Å². The number of ketones is 1. The lowest BCUT2D eigenvalue weighted by Crippen LogP contribution is -2.33. The largest absolute Gasteiger partial charge is 0.451 e. The van der Waals surface area contributed by atoms with Crippen LogP contribution in [0.25, 0.3) is 21.9 Å². The fraction of sp³-hybridized carbons (Fsp3) is 0.138. The summed E-state index contributed by atoms with van der Waals surface area (Å²) in [6.45, 7) is 2.50. The summed E-state index contributed by atoms with van der Waals surface area (Å²) in [6.07, 6.45) is 4.17. The van der Waals surface area contributed by atoms with Gasteiger partial charge in [0.1, 0.15) is 11.3 Å². The fourth-order valence-corrected chi connectivity index (χ4v) is 6.95. The molecule has 5 aromatic rings. The molecule has 2 aromatic carbocycles. The molecule has 188 valence electrons. The van der Waals surface area contributed by atoms with Gasteiger partial charge in [-0.2, -0.15) is 0 Å². The predicted molar refractivity (Wildman–Crippen MR) is 152 cm³/mol. The van der Waals surface area contributed by atoms with Crippen molar-refractivity contribution in [3.8, 4) is 0 Å². The zero-order chi connectivity index (χ0) is 26.2. The molecule has 2 amide bonds. The lowest BCUT2D eigenvalue weighted by Gasteiger charge is -2.30. The molecule has 3 aromatic heterocycles. The van der Waals surface area contributed by atoms with Gasteiger partial charge in [-0.3, -0.25) is 14.4 Å². The molecule has 1 fully saturated rings. The number of nitrogens with one attached hydrogen (secondary N) is 3. The number of rotatable bonds is 3. The van der Waals surface area contributed by atoms with Gasteiger partial charge in [0.25, 0.3) is 11.8 Å². The first-order valence-corrected chi connectivity index (χ1v) is 13.3. The van der Waals surface area contributed by atoms with Gasteiger partial charge in [0.2, 0.25) is 5.78 Å².